The van der Waals surface area contributed by atoms with Crippen molar-refractivity contribution >= 4 is 12.2 Å². The number of amides is 1. The maximum Gasteiger partial charge on any atom is 0.237 e. The minimum Gasteiger partial charge on any atom is -0.356 e. The molecule has 1 aliphatic heterocycles. The largest absolute Gasteiger partial charge is 0.356 e. The zero-order valence-electron chi connectivity index (χ0n) is 19.1. The Morgan fingerprint density at radius 3 is 2.41 bits per heavy atom. The van der Waals surface area contributed by atoms with Crippen LogP contribution in [0.5, 0.6) is 0 Å². The number of piperazine rings is 1. The molecule has 0 aliphatic carbocycles. The van der Waals surface area contributed by atoms with Crippen LogP contribution in [0.3, 0.4) is 0 Å². The molecule has 3 aromatic rings. The van der Waals surface area contributed by atoms with Crippen molar-refractivity contribution in [3.8, 4) is 11.3 Å². The van der Waals surface area contributed by atoms with Crippen molar-refractivity contribution in [3.05, 3.63) is 77.5 Å². The van der Waals surface area contributed by atoms with E-state index in [1.54, 1.807) is 6.07 Å². The van der Waals surface area contributed by atoms with Crippen LogP contribution in [0, 0.1) is 12.8 Å². The summed E-state index contributed by atoms with van der Waals surface area (Å²) in [6.07, 6.45) is 1.59. The van der Waals surface area contributed by atoms with Gasteiger partial charge in [0.15, 0.2) is 12.0 Å². The standard InChI is InChI=1S/C15H22N2O.C11H9NO2/c1-11(2)9-14-15(18)16-13(10-17(14)3)12-7-5-4-6-8-12;1-8-2-4-9(5-3-8)11-6-10(7-13)12-14-11/h4-8,11,13-14H,9-10H2,1-3H3,(H,16,18);2-7H,1H3. The number of likely N-dealkylation sites (N-methyl/N-ethyl adjacent to an activating group) is 1. The lowest BCUT2D eigenvalue weighted by atomic mass is 9.96. The van der Waals surface area contributed by atoms with Crippen LogP contribution in [0.15, 0.2) is 65.2 Å². The highest BCUT2D eigenvalue weighted by molar-refractivity contribution is 5.83. The number of aldehydes is 1. The van der Waals surface area contributed by atoms with Crippen molar-refractivity contribution in [2.24, 2.45) is 5.92 Å². The van der Waals surface area contributed by atoms with Gasteiger partial charge in [0.1, 0.15) is 5.69 Å². The molecule has 1 N–H and O–H groups in total. The molecular weight excluding hydrogens is 402 g/mol. The molecule has 4 rings (SSSR count). The van der Waals surface area contributed by atoms with Gasteiger partial charge in [-0.05, 0) is 31.9 Å². The van der Waals surface area contributed by atoms with Crippen molar-refractivity contribution in [1.29, 1.82) is 0 Å². The zero-order valence-corrected chi connectivity index (χ0v) is 19.1. The van der Waals surface area contributed by atoms with Crippen LogP contribution in [0.25, 0.3) is 11.3 Å². The normalized spacial score (nSPS) is 18.6. The molecule has 2 unspecified atom stereocenters. The fraction of sp³-hybridized carbons (Fsp3) is 0.346. The van der Waals surface area contributed by atoms with E-state index in [1.165, 1.54) is 11.1 Å². The lowest BCUT2D eigenvalue weighted by Gasteiger charge is -2.38. The predicted molar refractivity (Wildman–Crippen MR) is 125 cm³/mol. The molecule has 1 fully saturated rings. The topological polar surface area (TPSA) is 75.4 Å². The molecule has 2 atom stereocenters. The third-order valence-electron chi connectivity index (χ3n) is 5.50. The minimum atomic E-state index is 0.0185. The first kappa shape index (κ1) is 23.4. The maximum absolute atomic E-state index is 12.2. The number of carbonyl (C=O) groups excluding carboxylic acids is 2. The molecule has 1 saturated heterocycles. The van der Waals surface area contributed by atoms with Crippen LogP contribution in [-0.4, -0.2) is 41.9 Å². The molecule has 0 spiro atoms. The molecule has 0 bridgehead atoms. The van der Waals surface area contributed by atoms with Crippen molar-refractivity contribution in [3.63, 3.8) is 0 Å². The second-order valence-electron chi connectivity index (χ2n) is 8.66. The Balaban J connectivity index is 0.000000186. The van der Waals surface area contributed by atoms with E-state index in [1.807, 2.05) is 56.4 Å². The number of nitrogens with one attached hydrogen (secondary N) is 1. The number of rotatable bonds is 5. The molecular formula is C26H31N3O3. The van der Waals surface area contributed by atoms with Gasteiger partial charge in [-0.15, -0.1) is 0 Å². The van der Waals surface area contributed by atoms with Crippen LogP contribution in [0.1, 0.15) is 47.9 Å². The summed E-state index contributed by atoms with van der Waals surface area (Å²) in [6.45, 7) is 7.21. The molecule has 1 aromatic heterocycles. The van der Waals surface area contributed by atoms with Crippen LogP contribution in [0.4, 0.5) is 0 Å². The summed E-state index contributed by atoms with van der Waals surface area (Å²) in [5.41, 5.74) is 3.61. The fourth-order valence-electron chi connectivity index (χ4n) is 3.73. The van der Waals surface area contributed by atoms with Crippen molar-refractivity contribution in [2.75, 3.05) is 13.6 Å². The van der Waals surface area contributed by atoms with Crippen LogP contribution < -0.4 is 5.32 Å². The Bertz CT molecular complexity index is 1010. The highest BCUT2D eigenvalue weighted by Gasteiger charge is 2.32. The molecule has 168 valence electrons. The van der Waals surface area contributed by atoms with E-state index in [9.17, 15) is 9.59 Å². The van der Waals surface area contributed by atoms with E-state index in [0.717, 1.165) is 18.5 Å². The molecule has 1 aliphatic rings. The minimum absolute atomic E-state index is 0.0185. The number of aryl methyl sites for hydroxylation is 1. The number of benzene rings is 2. The fourth-order valence-corrected chi connectivity index (χ4v) is 3.73. The lowest BCUT2D eigenvalue weighted by Crippen LogP contribution is -2.55. The summed E-state index contributed by atoms with van der Waals surface area (Å²) in [6, 6.07) is 19.8. The molecule has 0 saturated carbocycles. The molecule has 2 aromatic carbocycles. The van der Waals surface area contributed by atoms with Gasteiger partial charge in [0.2, 0.25) is 5.91 Å². The SMILES string of the molecule is CC(C)CC1C(=O)NC(c2ccccc2)CN1C.Cc1ccc(-c2cc(C=O)no2)cc1. The first-order valence-electron chi connectivity index (χ1n) is 10.9. The summed E-state index contributed by atoms with van der Waals surface area (Å²) >= 11 is 0. The van der Waals surface area contributed by atoms with Crippen molar-refractivity contribution in [1.82, 2.24) is 15.4 Å². The number of hydrogen-bond acceptors (Lipinski definition) is 5. The van der Waals surface area contributed by atoms with Gasteiger partial charge in [0, 0.05) is 18.2 Å². The van der Waals surface area contributed by atoms with E-state index in [2.05, 4.69) is 41.4 Å². The van der Waals surface area contributed by atoms with E-state index in [-0.39, 0.29) is 18.0 Å². The van der Waals surface area contributed by atoms with Gasteiger partial charge in [0.05, 0.1) is 12.1 Å². The Labute approximate surface area is 189 Å². The lowest BCUT2D eigenvalue weighted by molar-refractivity contribution is -0.130. The molecule has 6 heteroatoms. The van der Waals surface area contributed by atoms with Crippen LogP contribution in [0.2, 0.25) is 0 Å². The van der Waals surface area contributed by atoms with Gasteiger partial charge in [0.25, 0.3) is 0 Å². The van der Waals surface area contributed by atoms with Crippen molar-refractivity contribution < 1.29 is 14.1 Å². The quantitative estimate of drug-likeness (QED) is 0.592. The summed E-state index contributed by atoms with van der Waals surface area (Å²) < 4.78 is 5.00. The summed E-state index contributed by atoms with van der Waals surface area (Å²) in [7, 11) is 2.04. The highest BCUT2D eigenvalue weighted by atomic mass is 16.5. The zero-order chi connectivity index (χ0) is 23.1. The number of nitrogens with zero attached hydrogens (tertiary/aromatic N) is 2. The average molecular weight is 434 g/mol. The number of carbonyl (C=O) groups is 2. The first-order chi connectivity index (χ1) is 15.4. The Morgan fingerprint density at radius 1 is 1.16 bits per heavy atom. The van der Waals surface area contributed by atoms with Gasteiger partial charge in [-0.1, -0.05) is 79.2 Å². The third kappa shape index (κ3) is 6.14. The van der Waals surface area contributed by atoms with Gasteiger partial charge >= 0.3 is 0 Å². The smallest absolute Gasteiger partial charge is 0.237 e. The monoisotopic (exact) mass is 433 g/mol. The summed E-state index contributed by atoms with van der Waals surface area (Å²) in [5, 5.41) is 6.73. The van der Waals surface area contributed by atoms with Gasteiger partial charge in [-0.2, -0.15) is 0 Å². The molecule has 6 nitrogen and oxygen atoms in total. The van der Waals surface area contributed by atoms with Crippen LogP contribution >= 0.6 is 0 Å². The van der Waals surface area contributed by atoms with E-state index >= 15 is 0 Å². The maximum atomic E-state index is 12.2. The first-order valence-corrected chi connectivity index (χ1v) is 10.9. The van der Waals surface area contributed by atoms with Gasteiger partial charge < -0.3 is 9.84 Å². The molecule has 2 heterocycles. The molecule has 0 radical (unpaired) electrons. The Morgan fingerprint density at radius 2 is 1.84 bits per heavy atom. The van der Waals surface area contributed by atoms with E-state index in [0.29, 0.717) is 23.7 Å². The predicted octanol–water partition coefficient (Wildman–Crippen LogP) is 4.67. The number of hydrogen-bond donors (Lipinski definition) is 1. The van der Waals surface area contributed by atoms with Crippen LogP contribution in [-0.2, 0) is 4.79 Å². The molecule has 1 amide bonds. The second kappa shape index (κ2) is 10.9. The Hall–Kier alpha value is -3.25. The number of aromatic nitrogens is 1. The van der Waals surface area contributed by atoms with Gasteiger partial charge in [-0.25, -0.2) is 0 Å². The Kier molecular flexibility index (Phi) is 7.95. The highest BCUT2D eigenvalue weighted by Crippen LogP contribution is 2.22. The van der Waals surface area contributed by atoms with E-state index < -0.39 is 0 Å². The van der Waals surface area contributed by atoms with Gasteiger partial charge in [-0.3, -0.25) is 14.5 Å². The second-order valence-corrected chi connectivity index (χ2v) is 8.66. The summed E-state index contributed by atoms with van der Waals surface area (Å²) in [4.78, 5) is 24.7. The molecule has 32 heavy (non-hydrogen) atoms. The van der Waals surface area contributed by atoms with Crippen molar-refractivity contribution in [2.45, 2.75) is 39.3 Å². The third-order valence-corrected chi connectivity index (χ3v) is 5.50. The van der Waals surface area contributed by atoms with E-state index in [4.69, 9.17) is 4.52 Å². The average Bonchev–Trinajstić information content (AvgIpc) is 3.27. The summed E-state index contributed by atoms with van der Waals surface area (Å²) in [5.74, 6) is 1.31.